The van der Waals surface area contributed by atoms with Crippen molar-refractivity contribution in [3.05, 3.63) is 34.3 Å². The van der Waals surface area contributed by atoms with Crippen molar-refractivity contribution in [2.45, 2.75) is 32.4 Å². The minimum Gasteiger partial charge on any atom is -0.310 e. The van der Waals surface area contributed by atoms with E-state index in [2.05, 4.69) is 76.2 Å². The second-order valence-corrected chi connectivity index (χ2v) is 7.02. The Kier molecular flexibility index (Phi) is 6.68. The Morgan fingerprint density at radius 3 is 2.86 bits per heavy atom. The minimum atomic E-state index is 0.444. The molecule has 3 nitrogen and oxygen atoms in total. The standard InChI is InChI=1S/C17H28BrN3/c1-4-19-17(15-6-5-7-16(18)12-15)8-9-21-11-10-20(3)13-14(21)2/h5-7,12,14,17,19H,4,8-11,13H2,1-3H3. The second-order valence-electron chi connectivity index (χ2n) is 6.10. The third-order valence-corrected chi connectivity index (χ3v) is 4.87. The van der Waals surface area contributed by atoms with Gasteiger partial charge in [-0.15, -0.1) is 0 Å². The molecule has 1 aromatic rings. The van der Waals surface area contributed by atoms with E-state index in [1.54, 1.807) is 0 Å². The van der Waals surface area contributed by atoms with Gasteiger partial charge >= 0.3 is 0 Å². The zero-order valence-corrected chi connectivity index (χ0v) is 15.1. The molecule has 0 bridgehead atoms. The number of benzene rings is 1. The first kappa shape index (κ1) is 16.9. The summed E-state index contributed by atoms with van der Waals surface area (Å²) in [5.74, 6) is 0. The summed E-state index contributed by atoms with van der Waals surface area (Å²) in [4.78, 5) is 5.06. The van der Waals surface area contributed by atoms with Crippen molar-refractivity contribution in [3.63, 3.8) is 0 Å². The van der Waals surface area contributed by atoms with Gasteiger partial charge in [0.2, 0.25) is 0 Å². The van der Waals surface area contributed by atoms with Gasteiger partial charge in [0.1, 0.15) is 0 Å². The number of likely N-dealkylation sites (N-methyl/N-ethyl adjacent to an activating group) is 1. The second kappa shape index (κ2) is 8.28. The van der Waals surface area contributed by atoms with Crippen LogP contribution in [-0.4, -0.2) is 55.6 Å². The molecule has 2 rings (SSSR count). The maximum absolute atomic E-state index is 3.63. The number of hydrogen-bond donors (Lipinski definition) is 1. The summed E-state index contributed by atoms with van der Waals surface area (Å²) < 4.78 is 1.16. The molecule has 118 valence electrons. The smallest absolute Gasteiger partial charge is 0.0332 e. The van der Waals surface area contributed by atoms with Crippen LogP contribution in [0.5, 0.6) is 0 Å². The highest BCUT2D eigenvalue weighted by molar-refractivity contribution is 9.10. The Hall–Kier alpha value is -0.420. The van der Waals surface area contributed by atoms with Gasteiger partial charge in [-0.25, -0.2) is 0 Å². The van der Waals surface area contributed by atoms with E-state index in [1.165, 1.54) is 38.2 Å². The lowest BCUT2D eigenvalue weighted by Gasteiger charge is -2.38. The van der Waals surface area contributed by atoms with Crippen LogP contribution in [0, 0.1) is 0 Å². The summed E-state index contributed by atoms with van der Waals surface area (Å²) in [6.07, 6.45) is 1.17. The number of piperazine rings is 1. The quantitative estimate of drug-likeness (QED) is 0.847. The zero-order valence-electron chi connectivity index (χ0n) is 13.5. The highest BCUT2D eigenvalue weighted by Gasteiger charge is 2.22. The third kappa shape index (κ3) is 5.06. The van der Waals surface area contributed by atoms with Gasteiger partial charge in [0.15, 0.2) is 0 Å². The fourth-order valence-corrected chi connectivity index (χ4v) is 3.58. The molecule has 1 fully saturated rings. The minimum absolute atomic E-state index is 0.444. The van der Waals surface area contributed by atoms with Gasteiger partial charge in [-0.05, 0) is 44.6 Å². The van der Waals surface area contributed by atoms with E-state index in [1.807, 2.05) is 0 Å². The van der Waals surface area contributed by atoms with Crippen LogP contribution in [0.15, 0.2) is 28.7 Å². The van der Waals surface area contributed by atoms with Crippen LogP contribution in [0.1, 0.15) is 31.9 Å². The molecule has 4 heteroatoms. The number of halogens is 1. The molecule has 1 saturated heterocycles. The molecule has 1 aliphatic rings. The lowest BCUT2D eigenvalue weighted by molar-refractivity contribution is 0.0961. The molecule has 0 saturated carbocycles. The van der Waals surface area contributed by atoms with Crippen LogP contribution >= 0.6 is 15.9 Å². The van der Waals surface area contributed by atoms with Crippen molar-refractivity contribution in [2.75, 3.05) is 39.8 Å². The fraction of sp³-hybridized carbons (Fsp3) is 0.647. The zero-order chi connectivity index (χ0) is 15.2. The van der Waals surface area contributed by atoms with Crippen molar-refractivity contribution >= 4 is 15.9 Å². The van der Waals surface area contributed by atoms with Crippen LogP contribution in [-0.2, 0) is 0 Å². The fourth-order valence-electron chi connectivity index (χ4n) is 3.16. The highest BCUT2D eigenvalue weighted by atomic mass is 79.9. The van der Waals surface area contributed by atoms with Crippen molar-refractivity contribution in [1.82, 2.24) is 15.1 Å². The average Bonchev–Trinajstić information content (AvgIpc) is 2.45. The normalized spacial score (nSPS) is 22.4. The molecular formula is C17H28BrN3. The Morgan fingerprint density at radius 2 is 2.19 bits per heavy atom. The Morgan fingerprint density at radius 1 is 1.38 bits per heavy atom. The molecule has 0 radical (unpaired) electrons. The highest BCUT2D eigenvalue weighted by Crippen LogP contribution is 2.22. The average molecular weight is 354 g/mol. The molecule has 1 heterocycles. The van der Waals surface area contributed by atoms with E-state index in [9.17, 15) is 0 Å². The monoisotopic (exact) mass is 353 g/mol. The molecule has 1 aliphatic heterocycles. The predicted molar refractivity (Wildman–Crippen MR) is 93.7 cm³/mol. The lowest BCUT2D eigenvalue weighted by Crippen LogP contribution is -2.50. The molecule has 21 heavy (non-hydrogen) atoms. The number of nitrogens with zero attached hydrogens (tertiary/aromatic N) is 2. The maximum atomic E-state index is 3.63. The molecule has 0 aromatic heterocycles. The summed E-state index contributed by atoms with van der Waals surface area (Å²) in [5.41, 5.74) is 1.38. The van der Waals surface area contributed by atoms with Gasteiger partial charge in [0.25, 0.3) is 0 Å². The van der Waals surface area contributed by atoms with Crippen molar-refractivity contribution in [3.8, 4) is 0 Å². The van der Waals surface area contributed by atoms with E-state index >= 15 is 0 Å². The van der Waals surface area contributed by atoms with Gasteiger partial charge in [-0.1, -0.05) is 35.0 Å². The largest absolute Gasteiger partial charge is 0.310 e. The first-order chi connectivity index (χ1) is 10.1. The molecule has 2 atom stereocenters. The van der Waals surface area contributed by atoms with E-state index < -0.39 is 0 Å². The molecule has 1 N–H and O–H groups in total. The SMILES string of the molecule is CCNC(CCN1CCN(C)CC1C)c1cccc(Br)c1. The van der Waals surface area contributed by atoms with E-state index in [0.717, 1.165) is 11.0 Å². The van der Waals surface area contributed by atoms with Crippen LogP contribution in [0.3, 0.4) is 0 Å². The predicted octanol–water partition coefficient (Wildman–Crippen LogP) is 3.13. The van der Waals surface area contributed by atoms with E-state index in [4.69, 9.17) is 0 Å². The summed E-state index contributed by atoms with van der Waals surface area (Å²) in [7, 11) is 2.22. The molecule has 0 amide bonds. The maximum Gasteiger partial charge on any atom is 0.0332 e. The van der Waals surface area contributed by atoms with Crippen molar-refractivity contribution in [1.29, 1.82) is 0 Å². The van der Waals surface area contributed by atoms with Crippen LogP contribution in [0.25, 0.3) is 0 Å². The first-order valence-electron chi connectivity index (χ1n) is 8.01. The van der Waals surface area contributed by atoms with Gasteiger partial charge in [-0.2, -0.15) is 0 Å². The van der Waals surface area contributed by atoms with Gasteiger partial charge in [-0.3, -0.25) is 4.90 Å². The topological polar surface area (TPSA) is 18.5 Å². The molecular weight excluding hydrogens is 326 g/mol. The third-order valence-electron chi connectivity index (χ3n) is 4.37. The summed E-state index contributed by atoms with van der Waals surface area (Å²) in [5, 5.41) is 3.63. The molecule has 0 spiro atoms. The summed E-state index contributed by atoms with van der Waals surface area (Å²) >= 11 is 3.58. The van der Waals surface area contributed by atoms with Crippen molar-refractivity contribution < 1.29 is 0 Å². The van der Waals surface area contributed by atoms with Gasteiger partial charge in [0.05, 0.1) is 0 Å². The summed E-state index contributed by atoms with van der Waals surface area (Å²) in [6, 6.07) is 9.79. The molecule has 0 aliphatic carbocycles. The van der Waals surface area contributed by atoms with Crippen LogP contribution in [0.4, 0.5) is 0 Å². The Labute approximate surface area is 137 Å². The van der Waals surface area contributed by atoms with Crippen LogP contribution in [0.2, 0.25) is 0 Å². The van der Waals surface area contributed by atoms with Gasteiger partial charge < -0.3 is 10.2 Å². The van der Waals surface area contributed by atoms with Gasteiger partial charge in [0, 0.05) is 42.7 Å². The lowest BCUT2D eigenvalue weighted by atomic mass is 10.0. The number of hydrogen-bond acceptors (Lipinski definition) is 3. The first-order valence-corrected chi connectivity index (χ1v) is 8.81. The van der Waals surface area contributed by atoms with Crippen LogP contribution < -0.4 is 5.32 Å². The molecule has 2 unspecified atom stereocenters. The Bertz CT molecular complexity index is 438. The molecule has 1 aromatic carbocycles. The van der Waals surface area contributed by atoms with Crippen molar-refractivity contribution in [2.24, 2.45) is 0 Å². The number of rotatable bonds is 6. The Balaban J connectivity index is 1.94. The van der Waals surface area contributed by atoms with E-state index in [0.29, 0.717) is 12.1 Å². The summed E-state index contributed by atoms with van der Waals surface area (Å²) in [6.45, 7) is 10.3. The van der Waals surface area contributed by atoms with E-state index in [-0.39, 0.29) is 0 Å². The number of nitrogens with one attached hydrogen (secondary N) is 1.